The van der Waals surface area contributed by atoms with Gasteiger partial charge in [0.25, 0.3) is 0 Å². The van der Waals surface area contributed by atoms with Crippen LogP contribution in [0, 0.1) is 0 Å². The van der Waals surface area contributed by atoms with Gasteiger partial charge in [0.05, 0.1) is 16.6 Å². The third-order valence-electron chi connectivity index (χ3n) is 4.48. The molecule has 11 heteroatoms. The highest BCUT2D eigenvalue weighted by Gasteiger charge is 2.31. The third-order valence-corrected chi connectivity index (χ3v) is 6.67. The molecule has 2 aromatic rings. The Bertz CT molecular complexity index is 950. The number of hydrogen-bond donors (Lipinski definition) is 4. The lowest BCUT2D eigenvalue weighted by atomic mass is 9.92. The summed E-state index contributed by atoms with van der Waals surface area (Å²) in [5.41, 5.74) is 5.21. The molecule has 0 heterocycles. The normalized spacial score (nSPS) is 14.5. The number of nitrogens with two attached hydrogens (primary N) is 1. The largest absolute Gasteiger partial charge is 0.507 e. The molecule has 2 aromatic carbocycles. The molecule has 0 bridgehead atoms. The van der Waals surface area contributed by atoms with Gasteiger partial charge in [-0.2, -0.15) is 13.2 Å². The number of rotatable bonds is 8. The predicted octanol–water partition coefficient (Wildman–Crippen LogP) is 5.43. The van der Waals surface area contributed by atoms with Gasteiger partial charge in [0.1, 0.15) is 5.75 Å². The number of alkyl halides is 3. The topological polar surface area (TPSA) is 104 Å². The van der Waals surface area contributed by atoms with E-state index in [2.05, 4.69) is 0 Å². The molecule has 30 heavy (non-hydrogen) atoms. The second kappa shape index (κ2) is 9.51. The first kappa shape index (κ1) is 25.0. The number of hydrogen-bond acceptors (Lipinski definition) is 4. The highest BCUT2D eigenvalue weighted by molar-refractivity contribution is 7.99. The van der Waals surface area contributed by atoms with Crippen LogP contribution in [-0.4, -0.2) is 26.6 Å². The Kier molecular flexibility index (Phi) is 7.94. The van der Waals surface area contributed by atoms with E-state index in [1.807, 2.05) is 0 Å². The summed E-state index contributed by atoms with van der Waals surface area (Å²) in [4.78, 5) is 18.6. The molecule has 0 aliphatic rings. The van der Waals surface area contributed by atoms with Gasteiger partial charge < -0.3 is 20.6 Å². The fourth-order valence-corrected chi connectivity index (χ4v) is 4.71. The standard InChI is InChI=1S/C19H22ClF3NO4PS/c1-18(24,8-9-29(26,27)28)7-6-12-2-4-14(11-15(12)20)30-17-10-13(19(21,22)23)3-5-16(17)25/h2-5,10-11,25H,6-9,24H2,1H3,(H2,26,27,28). The molecule has 0 saturated carbocycles. The van der Waals surface area contributed by atoms with Crippen LogP contribution in [-0.2, 0) is 17.2 Å². The fraction of sp³-hybridized carbons (Fsp3) is 0.368. The summed E-state index contributed by atoms with van der Waals surface area (Å²) >= 11 is 7.25. The molecule has 5 N–H and O–H groups in total. The van der Waals surface area contributed by atoms with Crippen molar-refractivity contribution in [1.29, 1.82) is 0 Å². The number of halogens is 4. The van der Waals surface area contributed by atoms with Gasteiger partial charge in [-0.3, -0.25) is 4.57 Å². The summed E-state index contributed by atoms with van der Waals surface area (Å²) in [5.74, 6) is -0.267. The van der Waals surface area contributed by atoms with Gasteiger partial charge in [0, 0.05) is 15.5 Å². The fourth-order valence-electron chi connectivity index (χ4n) is 2.64. The van der Waals surface area contributed by atoms with Gasteiger partial charge in [0.15, 0.2) is 0 Å². The molecule has 5 nitrogen and oxygen atoms in total. The minimum absolute atomic E-state index is 0.0561. The monoisotopic (exact) mass is 483 g/mol. The Balaban J connectivity index is 2.08. The van der Waals surface area contributed by atoms with E-state index in [1.54, 1.807) is 25.1 Å². The van der Waals surface area contributed by atoms with Crippen molar-refractivity contribution < 1.29 is 32.6 Å². The molecule has 2 rings (SSSR count). The van der Waals surface area contributed by atoms with E-state index in [9.17, 15) is 22.8 Å². The average molecular weight is 484 g/mol. The summed E-state index contributed by atoms with van der Waals surface area (Å²) in [7, 11) is -4.13. The van der Waals surface area contributed by atoms with Crippen molar-refractivity contribution in [3.05, 3.63) is 52.5 Å². The minimum Gasteiger partial charge on any atom is -0.507 e. The SMILES string of the molecule is CC(N)(CCc1ccc(Sc2cc(C(F)(F)F)ccc2O)cc1Cl)CCP(=O)(O)O. The molecule has 0 spiro atoms. The number of benzene rings is 2. The Morgan fingerprint density at radius 3 is 2.37 bits per heavy atom. The van der Waals surface area contributed by atoms with Crippen molar-refractivity contribution in [1.82, 2.24) is 0 Å². The number of phenolic OH excluding ortho intramolecular Hbond substituents is 1. The lowest BCUT2D eigenvalue weighted by molar-refractivity contribution is -0.137. The Hall–Kier alpha value is -1.22. The molecule has 0 aliphatic heterocycles. The molecule has 166 valence electrons. The van der Waals surface area contributed by atoms with Crippen LogP contribution in [0.5, 0.6) is 5.75 Å². The van der Waals surface area contributed by atoms with E-state index < -0.39 is 24.9 Å². The van der Waals surface area contributed by atoms with Crippen LogP contribution >= 0.6 is 31.0 Å². The van der Waals surface area contributed by atoms with E-state index in [0.29, 0.717) is 22.8 Å². The number of phenols is 1. The van der Waals surface area contributed by atoms with Crippen LogP contribution in [0.25, 0.3) is 0 Å². The highest BCUT2D eigenvalue weighted by Crippen LogP contribution is 2.40. The molecule has 0 fully saturated rings. The highest BCUT2D eigenvalue weighted by atomic mass is 35.5. The zero-order valence-corrected chi connectivity index (χ0v) is 18.5. The smallest absolute Gasteiger partial charge is 0.416 e. The molecule has 0 amide bonds. The van der Waals surface area contributed by atoms with Gasteiger partial charge in [-0.1, -0.05) is 29.4 Å². The van der Waals surface area contributed by atoms with Crippen molar-refractivity contribution >= 4 is 31.0 Å². The number of aromatic hydroxyl groups is 1. The second-order valence-corrected chi connectivity index (χ2v) is 10.6. The van der Waals surface area contributed by atoms with E-state index in [1.165, 1.54) is 0 Å². The van der Waals surface area contributed by atoms with Crippen molar-refractivity contribution in [2.45, 2.75) is 47.7 Å². The molecule has 0 aromatic heterocycles. The predicted molar refractivity (Wildman–Crippen MR) is 111 cm³/mol. The first-order valence-electron chi connectivity index (χ1n) is 8.86. The molecule has 1 unspecified atom stereocenters. The van der Waals surface area contributed by atoms with Crippen LogP contribution in [0.15, 0.2) is 46.2 Å². The van der Waals surface area contributed by atoms with Gasteiger partial charge in [-0.25, -0.2) is 0 Å². The average Bonchev–Trinajstić information content (AvgIpc) is 2.60. The number of aryl methyl sites for hydroxylation is 1. The molecular formula is C19H22ClF3NO4PS. The van der Waals surface area contributed by atoms with Crippen LogP contribution in [0.4, 0.5) is 13.2 Å². The van der Waals surface area contributed by atoms with Gasteiger partial charge in [-0.15, -0.1) is 0 Å². The maximum atomic E-state index is 12.9. The van der Waals surface area contributed by atoms with Crippen LogP contribution < -0.4 is 5.73 Å². The maximum Gasteiger partial charge on any atom is 0.416 e. The van der Waals surface area contributed by atoms with Crippen molar-refractivity contribution in [3.63, 3.8) is 0 Å². The van der Waals surface area contributed by atoms with Crippen molar-refractivity contribution in [2.24, 2.45) is 5.73 Å². The quantitative estimate of drug-likeness (QED) is 0.373. The van der Waals surface area contributed by atoms with Gasteiger partial charge >= 0.3 is 13.8 Å². The molecular weight excluding hydrogens is 462 g/mol. The Morgan fingerprint density at radius 2 is 1.80 bits per heavy atom. The Labute approximate surface area is 181 Å². The Morgan fingerprint density at radius 1 is 1.13 bits per heavy atom. The van der Waals surface area contributed by atoms with Crippen molar-refractivity contribution in [3.8, 4) is 5.75 Å². The molecule has 0 aliphatic carbocycles. The third kappa shape index (κ3) is 7.80. The minimum atomic E-state index is -4.51. The lowest BCUT2D eigenvalue weighted by Gasteiger charge is -2.25. The first-order valence-corrected chi connectivity index (χ1v) is 11.9. The summed E-state index contributed by atoms with van der Waals surface area (Å²) in [6.07, 6.45) is -3.76. The van der Waals surface area contributed by atoms with E-state index in [4.69, 9.17) is 27.1 Å². The zero-order chi connectivity index (χ0) is 22.7. The second-order valence-electron chi connectivity index (χ2n) is 7.33. The summed E-state index contributed by atoms with van der Waals surface area (Å²) < 4.78 is 49.7. The van der Waals surface area contributed by atoms with Crippen LogP contribution in [0.2, 0.25) is 5.02 Å². The van der Waals surface area contributed by atoms with Crippen LogP contribution in [0.1, 0.15) is 30.9 Å². The van der Waals surface area contributed by atoms with E-state index >= 15 is 0 Å². The first-order chi connectivity index (χ1) is 13.7. The zero-order valence-electron chi connectivity index (χ0n) is 16.0. The molecule has 0 radical (unpaired) electrons. The van der Waals surface area contributed by atoms with E-state index in [0.717, 1.165) is 35.5 Å². The molecule has 1 atom stereocenters. The summed E-state index contributed by atoms with van der Waals surface area (Å²) in [6.45, 7) is 1.71. The van der Waals surface area contributed by atoms with Gasteiger partial charge in [0.2, 0.25) is 0 Å². The maximum absolute atomic E-state index is 12.9. The summed E-state index contributed by atoms with van der Waals surface area (Å²) in [6, 6.07) is 7.67. The van der Waals surface area contributed by atoms with Crippen molar-refractivity contribution in [2.75, 3.05) is 6.16 Å². The van der Waals surface area contributed by atoms with Gasteiger partial charge in [-0.05, 0) is 62.1 Å². The lowest BCUT2D eigenvalue weighted by Crippen LogP contribution is -2.37. The van der Waals surface area contributed by atoms with Crippen LogP contribution in [0.3, 0.4) is 0 Å². The molecule has 0 saturated heterocycles. The summed E-state index contributed by atoms with van der Waals surface area (Å²) in [5, 5.41) is 10.3. The van der Waals surface area contributed by atoms with E-state index in [-0.39, 0.29) is 23.2 Å².